The van der Waals surface area contributed by atoms with E-state index >= 15 is 0 Å². The van der Waals surface area contributed by atoms with Gasteiger partial charge in [0, 0.05) is 11.9 Å². The minimum Gasteiger partial charge on any atom is -0.487 e. The average molecular weight is 405 g/mol. The molecule has 3 aromatic rings. The number of nitrogens with two attached hydrogens (primary N) is 1. The number of carbonyl (C=O) groups is 2. The SMILES string of the molecule is CCc1c(C(=O)C(N)=O)c2c(OCc3ccccc3)cccn2c1CC1CCCC1. The number of fused-ring (bicyclic) bond motifs is 1. The molecule has 30 heavy (non-hydrogen) atoms. The highest BCUT2D eigenvalue weighted by molar-refractivity contribution is 6.44. The maximum absolute atomic E-state index is 12.9. The van der Waals surface area contributed by atoms with Crippen LogP contribution in [-0.4, -0.2) is 16.1 Å². The Kier molecular flexibility index (Phi) is 5.88. The second-order valence-electron chi connectivity index (χ2n) is 8.07. The molecule has 2 aromatic heterocycles. The first-order chi connectivity index (χ1) is 14.6. The summed E-state index contributed by atoms with van der Waals surface area (Å²) in [5.41, 5.74) is 9.55. The molecule has 1 amide bonds. The van der Waals surface area contributed by atoms with Gasteiger partial charge < -0.3 is 14.9 Å². The van der Waals surface area contributed by atoms with Crippen molar-refractivity contribution >= 4 is 17.2 Å². The van der Waals surface area contributed by atoms with Crippen molar-refractivity contribution in [3.8, 4) is 5.75 Å². The summed E-state index contributed by atoms with van der Waals surface area (Å²) in [6.07, 6.45) is 8.46. The fourth-order valence-electron chi connectivity index (χ4n) is 4.70. The molecule has 1 aliphatic rings. The first kappa shape index (κ1) is 20.2. The molecule has 0 aliphatic heterocycles. The predicted molar refractivity (Wildman–Crippen MR) is 117 cm³/mol. The lowest BCUT2D eigenvalue weighted by molar-refractivity contribution is -0.114. The van der Waals surface area contributed by atoms with Crippen molar-refractivity contribution in [3.63, 3.8) is 0 Å². The predicted octanol–water partition coefficient (Wildman–Crippen LogP) is 4.48. The zero-order valence-corrected chi connectivity index (χ0v) is 17.4. The van der Waals surface area contributed by atoms with Crippen LogP contribution in [0, 0.1) is 5.92 Å². The largest absolute Gasteiger partial charge is 0.487 e. The minimum absolute atomic E-state index is 0.384. The fraction of sp³-hybridized carbons (Fsp3) is 0.360. The van der Waals surface area contributed by atoms with Crippen LogP contribution in [0.4, 0.5) is 0 Å². The van der Waals surface area contributed by atoms with Gasteiger partial charge in [-0.15, -0.1) is 0 Å². The number of primary amides is 1. The quantitative estimate of drug-likeness (QED) is 0.444. The number of benzene rings is 1. The van der Waals surface area contributed by atoms with E-state index in [9.17, 15) is 9.59 Å². The number of Topliss-reactive ketones (excluding diaryl/α,β-unsaturated/α-hetero) is 1. The monoisotopic (exact) mass is 404 g/mol. The molecule has 0 bridgehead atoms. The number of ketones is 1. The summed E-state index contributed by atoms with van der Waals surface area (Å²) in [5, 5.41) is 0. The molecule has 0 saturated heterocycles. The summed E-state index contributed by atoms with van der Waals surface area (Å²) in [6, 6.07) is 13.7. The van der Waals surface area contributed by atoms with Crippen LogP contribution in [-0.2, 0) is 24.2 Å². The molecular weight excluding hydrogens is 376 g/mol. The summed E-state index contributed by atoms with van der Waals surface area (Å²) in [5.74, 6) is -0.364. The Morgan fingerprint density at radius 1 is 1.10 bits per heavy atom. The summed E-state index contributed by atoms with van der Waals surface area (Å²) in [7, 11) is 0. The number of amides is 1. The molecule has 4 rings (SSSR count). The highest BCUT2D eigenvalue weighted by Crippen LogP contribution is 2.36. The molecule has 0 atom stereocenters. The van der Waals surface area contributed by atoms with E-state index < -0.39 is 11.7 Å². The van der Waals surface area contributed by atoms with Crippen LogP contribution in [0.15, 0.2) is 48.7 Å². The standard InChI is InChI=1S/C25H28N2O3/c1-2-19-20(15-17-9-6-7-10-17)27-14-8-13-21(23(27)22(19)24(28)25(26)29)30-16-18-11-4-3-5-12-18/h3-5,8,11-14,17H,2,6-7,9-10,15-16H2,1H3,(H2,26,29). The van der Waals surface area contributed by atoms with Gasteiger partial charge in [-0.3, -0.25) is 9.59 Å². The van der Waals surface area contributed by atoms with Gasteiger partial charge in [0.25, 0.3) is 11.7 Å². The maximum atomic E-state index is 12.9. The van der Waals surface area contributed by atoms with E-state index in [1.165, 1.54) is 25.7 Å². The Labute approximate surface area is 176 Å². The van der Waals surface area contributed by atoms with Crippen LogP contribution in [0.5, 0.6) is 5.75 Å². The third-order valence-corrected chi connectivity index (χ3v) is 6.13. The van der Waals surface area contributed by atoms with Crippen molar-refractivity contribution < 1.29 is 14.3 Å². The Morgan fingerprint density at radius 3 is 2.50 bits per heavy atom. The number of aromatic nitrogens is 1. The molecule has 0 spiro atoms. The van der Waals surface area contributed by atoms with Gasteiger partial charge in [-0.05, 0) is 42.0 Å². The fourth-order valence-corrected chi connectivity index (χ4v) is 4.70. The van der Waals surface area contributed by atoms with Gasteiger partial charge >= 0.3 is 0 Å². The summed E-state index contributed by atoms with van der Waals surface area (Å²) in [4.78, 5) is 24.8. The molecule has 5 nitrogen and oxygen atoms in total. The van der Waals surface area contributed by atoms with Crippen LogP contribution < -0.4 is 10.5 Å². The van der Waals surface area contributed by atoms with Crippen LogP contribution in [0.25, 0.3) is 5.52 Å². The number of hydrogen-bond donors (Lipinski definition) is 1. The first-order valence-corrected chi connectivity index (χ1v) is 10.8. The molecule has 5 heteroatoms. The lowest BCUT2D eigenvalue weighted by Gasteiger charge is -2.12. The topological polar surface area (TPSA) is 73.8 Å². The third-order valence-electron chi connectivity index (χ3n) is 6.13. The normalized spacial score (nSPS) is 14.3. The second-order valence-corrected chi connectivity index (χ2v) is 8.07. The number of ether oxygens (including phenoxy) is 1. The third kappa shape index (κ3) is 3.84. The maximum Gasteiger partial charge on any atom is 0.289 e. The van der Waals surface area contributed by atoms with E-state index in [0.29, 0.717) is 35.8 Å². The summed E-state index contributed by atoms with van der Waals surface area (Å²) in [6.45, 7) is 2.41. The Bertz CT molecular complexity index is 1060. The van der Waals surface area contributed by atoms with Crippen molar-refractivity contribution in [2.45, 2.75) is 52.1 Å². The number of carbonyl (C=O) groups excluding carboxylic acids is 2. The van der Waals surface area contributed by atoms with Crippen LogP contribution in [0.2, 0.25) is 0 Å². The molecule has 1 aromatic carbocycles. The zero-order valence-electron chi connectivity index (χ0n) is 17.4. The van der Waals surface area contributed by atoms with Crippen molar-refractivity contribution in [3.05, 3.63) is 71.0 Å². The Balaban J connectivity index is 1.83. The molecule has 156 valence electrons. The van der Waals surface area contributed by atoms with Crippen molar-refractivity contribution in [2.24, 2.45) is 11.7 Å². The van der Waals surface area contributed by atoms with E-state index in [4.69, 9.17) is 10.5 Å². The smallest absolute Gasteiger partial charge is 0.289 e. The summed E-state index contributed by atoms with van der Waals surface area (Å²) < 4.78 is 8.18. The van der Waals surface area contributed by atoms with Gasteiger partial charge in [-0.25, -0.2) is 0 Å². The Morgan fingerprint density at radius 2 is 1.83 bits per heavy atom. The molecule has 1 fully saturated rings. The number of hydrogen-bond acceptors (Lipinski definition) is 3. The molecule has 1 aliphatic carbocycles. The van der Waals surface area contributed by atoms with Crippen molar-refractivity contribution in [1.82, 2.24) is 4.40 Å². The van der Waals surface area contributed by atoms with Crippen LogP contribution in [0.3, 0.4) is 0 Å². The van der Waals surface area contributed by atoms with Crippen molar-refractivity contribution in [2.75, 3.05) is 0 Å². The first-order valence-electron chi connectivity index (χ1n) is 10.8. The lowest BCUT2D eigenvalue weighted by Crippen LogP contribution is -2.24. The van der Waals surface area contributed by atoms with Crippen LogP contribution in [0.1, 0.15) is 59.8 Å². The van der Waals surface area contributed by atoms with Crippen LogP contribution >= 0.6 is 0 Å². The molecular formula is C25H28N2O3. The highest BCUT2D eigenvalue weighted by Gasteiger charge is 2.29. The van der Waals surface area contributed by atoms with E-state index in [-0.39, 0.29) is 0 Å². The summed E-state index contributed by atoms with van der Waals surface area (Å²) >= 11 is 0. The average Bonchev–Trinajstić information content (AvgIpc) is 3.39. The number of pyridine rings is 1. The van der Waals surface area contributed by atoms with Crippen molar-refractivity contribution in [1.29, 1.82) is 0 Å². The molecule has 0 unspecified atom stereocenters. The van der Waals surface area contributed by atoms with E-state index in [2.05, 4.69) is 0 Å². The highest BCUT2D eigenvalue weighted by atomic mass is 16.5. The van der Waals surface area contributed by atoms with Gasteiger partial charge in [0.15, 0.2) is 0 Å². The van der Waals surface area contributed by atoms with Gasteiger partial charge in [-0.1, -0.05) is 62.9 Å². The molecule has 2 N–H and O–H groups in total. The van der Waals surface area contributed by atoms with E-state index in [1.807, 2.05) is 60.0 Å². The van der Waals surface area contributed by atoms with Gasteiger partial charge in [0.2, 0.25) is 0 Å². The van der Waals surface area contributed by atoms with E-state index in [0.717, 1.165) is 23.2 Å². The lowest BCUT2D eigenvalue weighted by atomic mass is 9.96. The van der Waals surface area contributed by atoms with Gasteiger partial charge in [-0.2, -0.15) is 0 Å². The molecule has 1 saturated carbocycles. The minimum atomic E-state index is -0.928. The molecule has 2 heterocycles. The van der Waals surface area contributed by atoms with Gasteiger partial charge in [0.1, 0.15) is 12.4 Å². The molecule has 0 radical (unpaired) electrons. The second kappa shape index (κ2) is 8.74. The van der Waals surface area contributed by atoms with E-state index in [1.54, 1.807) is 0 Å². The number of rotatable bonds is 8. The number of nitrogens with zero attached hydrogens (tertiary/aromatic N) is 1. The van der Waals surface area contributed by atoms with Gasteiger partial charge in [0.05, 0.1) is 11.1 Å². The Hall–Kier alpha value is -3.08. The zero-order chi connectivity index (χ0) is 21.1.